The zero-order valence-electron chi connectivity index (χ0n) is 11.1. The average molecular weight is 247 g/mol. The minimum absolute atomic E-state index is 0.309. The van der Waals surface area contributed by atoms with E-state index in [9.17, 15) is 0 Å². The molecule has 1 heterocycles. The zero-order chi connectivity index (χ0) is 13.0. The van der Waals surface area contributed by atoms with Crippen molar-refractivity contribution in [3.63, 3.8) is 0 Å². The van der Waals surface area contributed by atoms with Crippen molar-refractivity contribution in [1.82, 2.24) is 5.01 Å². The number of ether oxygens (including phenoxy) is 1. The van der Waals surface area contributed by atoms with Crippen LogP contribution >= 0.6 is 0 Å². The second-order valence-corrected chi connectivity index (χ2v) is 4.58. The number of rotatable bonds is 5. The van der Waals surface area contributed by atoms with E-state index < -0.39 is 0 Å². The van der Waals surface area contributed by atoms with Gasteiger partial charge in [-0.3, -0.25) is 5.01 Å². The summed E-state index contributed by atoms with van der Waals surface area (Å²) in [5.74, 6) is 0.932. The Labute approximate surface area is 108 Å². The molecular formula is C14H21N3O. The van der Waals surface area contributed by atoms with Crippen LogP contribution in [0.4, 0.5) is 0 Å². The van der Waals surface area contributed by atoms with E-state index >= 15 is 0 Å². The molecule has 1 aliphatic rings. The molecule has 0 bridgehead atoms. The third-order valence-electron chi connectivity index (χ3n) is 3.15. The summed E-state index contributed by atoms with van der Waals surface area (Å²) < 4.78 is 5.58. The Morgan fingerprint density at radius 2 is 2.11 bits per heavy atom. The molecule has 1 aromatic rings. The van der Waals surface area contributed by atoms with Crippen LogP contribution in [0.5, 0.6) is 5.75 Å². The lowest BCUT2D eigenvalue weighted by atomic mass is 10.0. The van der Waals surface area contributed by atoms with Gasteiger partial charge in [0.1, 0.15) is 5.75 Å². The highest BCUT2D eigenvalue weighted by Crippen LogP contribution is 2.29. The molecule has 0 aliphatic carbocycles. The van der Waals surface area contributed by atoms with Crippen LogP contribution in [-0.2, 0) is 0 Å². The van der Waals surface area contributed by atoms with Gasteiger partial charge in [0.15, 0.2) is 0 Å². The van der Waals surface area contributed by atoms with Crippen molar-refractivity contribution in [3.8, 4) is 5.75 Å². The number of nitrogens with two attached hydrogens (primary N) is 1. The fourth-order valence-electron chi connectivity index (χ4n) is 2.15. The van der Waals surface area contributed by atoms with Crippen LogP contribution in [0.3, 0.4) is 0 Å². The summed E-state index contributed by atoms with van der Waals surface area (Å²) in [6.45, 7) is 3.41. The van der Waals surface area contributed by atoms with Gasteiger partial charge in [0.05, 0.1) is 18.4 Å². The fourth-order valence-corrected chi connectivity index (χ4v) is 2.15. The predicted molar refractivity (Wildman–Crippen MR) is 73.8 cm³/mol. The molecule has 0 fully saturated rings. The van der Waals surface area contributed by atoms with Crippen molar-refractivity contribution in [2.45, 2.75) is 25.8 Å². The van der Waals surface area contributed by atoms with E-state index in [2.05, 4.69) is 24.2 Å². The molecule has 0 amide bonds. The molecule has 0 saturated heterocycles. The lowest BCUT2D eigenvalue weighted by Crippen LogP contribution is -2.14. The van der Waals surface area contributed by atoms with Crippen molar-refractivity contribution in [2.75, 3.05) is 20.2 Å². The first-order valence-electron chi connectivity index (χ1n) is 6.46. The van der Waals surface area contributed by atoms with Gasteiger partial charge in [-0.15, -0.1) is 0 Å². The molecule has 2 N–H and O–H groups in total. The fraction of sp³-hybridized carbons (Fsp3) is 0.500. The quantitative estimate of drug-likeness (QED) is 0.867. The smallest absolute Gasteiger partial charge is 0.119 e. The molecule has 0 radical (unpaired) electrons. The molecule has 98 valence electrons. The van der Waals surface area contributed by atoms with Crippen molar-refractivity contribution < 1.29 is 4.74 Å². The third kappa shape index (κ3) is 2.82. The van der Waals surface area contributed by atoms with Crippen LogP contribution < -0.4 is 10.5 Å². The summed E-state index contributed by atoms with van der Waals surface area (Å²) >= 11 is 0. The van der Waals surface area contributed by atoms with Crippen molar-refractivity contribution in [2.24, 2.45) is 10.8 Å². The van der Waals surface area contributed by atoms with Crippen LogP contribution in [0.1, 0.15) is 31.4 Å². The monoisotopic (exact) mass is 247 g/mol. The van der Waals surface area contributed by atoms with E-state index in [0.717, 1.165) is 30.9 Å². The van der Waals surface area contributed by atoms with Crippen molar-refractivity contribution >= 4 is 5.71 Å². The Bertz CT molecular complexity index is 414. The summed E-state index contributed by atoms with van der Waals surface area (Å²) in [6, 6.07) is 8.59. The van der Waals surface area contributed by atoms with Gasteiger partial charge in [-0.25, -0.2) is 0 Å². The summed E-state index contributed by atoms with van der Waals surface area (Å²) in [4.78, 5) is 0. The second kappa shape index (κ2) is 5.87. The second-order valence-electron chi connectivity index (χ2n) is 4.58. The van der Waals surface area contributed by atoms with Gasteiger partial charge >= 0.3 is 0 Å². The molecule has 1 atom stereocenters. The topological polar surface area (TPSA) is 50.9 Å². The van der Waals surface area contributed by atoms with Gasteiger partial charge in [0, 0.05) is 20.0 Å². The Morgan fingerprint density at radius 1 is 1.39 bits per heavy atom. The van der Waals surface area contributed by atoms with Gasteiger partial charge in [0.25, 0.3) is 0 Å². The molecule has 1 aromatic carbocycles. The maximum Gasteiger partial charge on any atom is 0.119 e. The zero-order valence-corrected chi connectivity index (χ0v) is 11.1. The number of nitrogens with zero attached hydrogens (tertiary/aromatic N) is 2. The van der Waals surface area contributed by atoms with E-state index in [0.29, 0.717) is 12.6 Å². The molecule has 0 aromatic heterocycles. The highest BCUT2D eigenvalue weighted by molar-refractivity contribution is 5.88. The summed E-state index contributed by atoms with van der Waals surface area (Å²) in [7, 11) is 1.99. The SMILES string of the molecule is CCCOc1ccc(C2CC(CN)=NN2C)cc1. The van der Waals surface area contributed by atoms with Gasteiger partial charge in [-0.1, -0.05) is 19.1 Å². The summed E-state index contributed by atoms with van der Waals surface area (Å²) in [6.07, 6.45) is 1.95. The van der Waals surface area contributed by atoms with E-state index in [1.54, 1.807) is 0 Å². The molecule has 2 rings (SSSR count). The Balaban J connectivity index is 2.02. The summed E-state index contributed by atoms with van der Waals surface area (Å²) in [5.41, 5.74) is 7.96. The maximum absolute atomic E-state index is 5.64. The lowest BCUT2D eigenvalue weighted by Gasteiger charge is -2.19. The van der Waals surface area contributed by atoms with Crippen molar-refractivity contribution in [3.05, 3.63) is 29.8 Å². The van der Waals surface area contributed by atoms with Crippen LogP contribution in [0.15, 0.2) is 29.4 Å². The number of benzene rings is 1. The highest BCUT2D eigenvalue weighted by Gasteiger charge is 2.24. The lowest BCUT2D eigenvalue weighted by molar-refractivity contribution is 0.289. The highest BCUT2D eigenvalue weighted by atomic mass is 16.5. The first-order chi connectivity index (χ1) is 8.74. The van der Waals surface area contributed by atoms with E-state index in [1.165, 1.54) is 5.56 Å². The molecule has 0 spiro atoms. The predicted octanol–water partition coefficient (Wildman–Crippen LogP) is 2.17. The molecule has 4 heteroatoms. The van der Waals surface area contributed by atoms with Crippen LogP contribution in [0, 0.1) is 0 Å². The number of hydrazone groups is 1. The Hall–Kier alpha value is -1.55. The Kier molecular flexibility index (Phi) is 4.20. The minimum atomic E-state index is 0.309. The standard InChI is InChI=1S/C14H21N3O/c1-3-8-18-13-6-4-11(5-7-13)14-9-12(10-15)16-17(14)2/h4-7,14H,3,8-10,15H2,1-2H3. The van der Waals surface area contributed by atoms with Crippen LogP contribution in [0.25, 0.3) is 0 Å². The van der Waals surface area contributed by atoms with Crippen molar-refractivity contribution in [1.29, 1.82) is 0 Å². The molecule has 4 nitrogen and oxygen atoms in total. The van der Waals surface area contributed by atoms with Gasteiger partial charge in [-0.2, -0.15) is 5.10 Å². The van der Waals surface area contributed by atoms with Gasteiger partial charge in [0.2, 0.25) is 0 Å². The van der Waals surface area contributed by atoms with Gasteiger partial charge < -0.3 is 10.5 Å². The molecule has 1 aliphatic heterocycles. The Morgan fingerprint density at radius 3 is 2.67 bits per heavy atom. The minimum Gasteiger partial charge on any atom is -0.494 e. The molecule has 1 unspecified atom stereocenters. The van der Waals surface area contributed by atoms with E-state index in [-0.39, 0.29) is 0 Å². The first-order valence-corrected chi connectivity index (χ1v) is 6.46. The largest absolute Gasteiger partial charge is 0.494 e. The number of hydrogen-bond donors (Lipinski definition) is 1. The summed E-state index contributed by atoms with van der Waals surface area (Å²) in [5, 5.41) is 6.42. The molecular weight excluding hydrogens is 226 g/mol. The first kappa shape index (κ1) is 12.9. The normalized spacial score (nSPS) is 18.9. The molecule has 0 saturated carbocycles. The third-order valence-corrected chi connectivity index (χ3v) is 3.15. The average Bonchev–Trinajstić information content (AvgIpc) is 2.78. The molecule has 18 heavy (non-hydrogen) atoms. The number of hydrogen-bond acceptors (Lipinski definition) is 4. The van der Waals surface area contributed by atoms with E-state index in [4.69, 9.17) is 10.5 Å². The van der Waals surface area contributed by atoms with E-state index in [1.807, 2.05) is 24.2 Å². The van der Waals surface area contributed by atoms with Crippen LogP contribution in [-0.4, -0.2) is 30.9 Å². The maximum atomic E-state index is 5.64. The van der Waals surface area contributed by atoms with Crippen LogP contribution in [0.2, 0.25) is 0 Å². The van der Waals surface area contributed by atoms with Gasteiger partial charge in [-0.05, 0) is 24.1 Å².